The van der Waals surface area contributed by atoms with E-state index in [1.54, 1.807) is 14.0 Å². The number of rotatable bonds is 2. The first-order valence-corrected chi connectivity index (χ1v) is 3.15. The van der Waals surface area contributed by atoms with E-state index in [1.807, 2.05) is 0 Å². The van der Waals surface area contributed by atoms with Crippen molar-refractivity contribution < 1.29 is 9.53 Å². The number of nitrogens with zero attached hydrogens (tertiary/aromatic N) is 4. The lowest BCUT2D eigenvalue weighted by molar-refractivity contribution is 0.0506. The number of hydrogen-bond acceptors (Lipinski definition) is 5. The summed E-state index contributed by atoms with van der Waals surface area (Å²) >= 11 is 0. The summed E-state index contributed by atoms with van der Waals surface area (Å²) in [6.07, 6.45) is 0. The lowest BCUT2D eigenvalue weighted by Crippen LogP contribution is -2.11. The van der Waals surface area contributed by atoms with Crippen molar-refractivity contribution in [3.05, 3.63) is 5.82 Å². The Kier molecular flexibility index (Phi) is 2.15. The Bertz CT molecular complexity index is 257. The summed E-state index contributed by atoms with van der Waals surface area (Å²) in [6.45, 7) is 2.05. The highest BCUT2D eigenvalue weighted by Crippen LogP contribution is 1.91. The van der Waals surface area contributed by atoms with Crippen LogP contribution in [-0.2, 0) is 11.8 Å². The van der Waals surface area contributed by atoms with Crippen LogP contribution in [0.4, 0.5) is 0 Å². The van der Waals surface area contributed by atoms with Gasteiger partial charge in [-0.3, -0.25) is 0 Å². The molecule has 0 unspecified atom stereocenters. The van der Waals surface area contributed by atoms with Gasteiger partial charge in [0, 0.05) is 7.05 Å². The first kappa shape index (κ1) is 7.64. The number of carbonyl (C=O) groups excluding carboxylic acids is 1. The smallest absolute Gasteiger partial charge is 0.378 e. The summed E-state index contributed by atoms with van der Waals surface area (Å²) in [6, 6.07) is 0. The van der Waals surface area contributed by atoms with Crippen LogP contribution < -0.4 is 0 Å². The molecule has 1 aromatic rings. The zero-order valence-electron chi connectivity index (χ0n) is 6.31. The van der Waals surface area contributed by atoms with Crippen molar-refractivity contribution in [1.82, 2.24) is 20.2 Å². The number of hydrogen-bond donors (Lipinski definition) is 0. The average molecular weight is 156 g/mol. The van der Waals surface area contributed by atoms with E-state index >= 15 is 0 Å². The van der Waals surface area contributed by atoms with E-state index in [9.17, 15) is 4.79 Å². The summed E-state index contributed by atoms with van der Waals surface area (Å²) in [5.74, 6) is -0.383. The highest BCUT2D eigenvalue weighted by molar-refractivity contribution is 5.84. The predicted octanol–water partition coefficient (Wildman–Crippen LogP) is -0.613. The Labute approximate surface area is 63.1 Å². The van der Waals surface area contributed by atoms with Crippen molar-refractivity contribution in [2.75, 3.05) is 6.61 Å². The lowest BCUT2D eigenvalue weighted by atomic mass is 10.6. The molecule has 0 atom stereocenters. The van der Waals surface area contributed by atoms with Gasteiger partial charge in [-0.25, -0.2) is 9.48 Å². The molecule has 0 aliphatic heterocycles. The Morgan fingerprint density at radius 3 is 2.91 bits per heavy atom. The maximum Gasteiger partial charge on any atom is 0.378 e. The third-order valence-electron chi connectivity index (χ3n) is 1.08. The van der Waals surface area contributed by atoms with Crippen molar-refractivity contribution in [3.8, 4) is 0 Å². The topological polar surface area (TPSA) is 69.9 Å². The summed E-state index contributed by atoms with van der Waals surface area (Å²) in [4.78, 5) is 10.9. The van der Waals surface area contributed by atoms with Crippen molar-refractivity contribution in [2.45, 2.75) is 6.92 Å². The second kappa shape index (κ2) is 3.09. The van der Waals surface area contributed by atoms with Gasteiger partial charge in [0.1, 0.15) is 0 Å². The van der Waals surface area contributed by atoms with Gasteiger partial charge in [0.2, 0.25) is 0 Å². The molecule has 0 N–H and O–H groups in total. The molecule has 1 heterocycles. The minimum atomic E-state index is -0.500. The maximum atomic E-state index is 10.9. The second-order valence-corrected chi connectivity index (χ2v) is 1.85. The van der Waals surface area contributed by atoms with Crippen molar-refractivity contribution >= 4 is 5.97 Å². The van der Waals surface area contributed by atoms with Crippen LogP contribution in [0, 0.1) is 0 Å². The molecule has 0 aliphatic carbocycles. The number of carbonyl (C=O) groups is 1. The Hall–Kier alpha value is -1.46. The van der Waals surface area contributed by atoms with E-state index in [4.69, 9.17) is 0 Å². The molecule has 6 heteroatoms. The zero-order valence-corrected chi connectivity index (χ0v) is 6.31. The van der Waals surface area contributed by atoms with Crippen molar-refractivity contribution in [3.63, 3.8) is 0 Å². The maximum absolute atomic E-state index is 10.9. The van der Waals surface area contributed by atoms with E-state index in [2.05, 4.69) is 20.3 Å². The largest absolute Gasteiger partial charge is 0.460 e. The number of ether oxygens (including phenoxy) is 1. The van der Waals surface area contributed by atoms with Crippen molar-refractivity contribution in [2.24, 2.45) is 7.05 Å². The molecule has 0 spiro atoms. The Morgan fingerprint density at radius 2 is 2.45 bits per heavy atom. The quantitative estimate of drug-likeness (QED) is 0.534. The monoisotopic (exact) mass is 156 g/mol. The minimum absolute atomic E-state index is 0.117. The SMILES string of the molecule is CCOC(=O)c1nnnn1C. The van der Waals surface area contributed by atoms with E-state index < -0.39 is 5.97 Å². The highest BCUT2D eigenvalue weighted by Gasteiger charge is 2.12. The van der Waals surface area contributed by atoms with Crippen LogP contribution in [0.25, 0.3) is 0 Å². The number of aryl methyl sites for hydroxylation is 1. The van der Waals surface area contributed by atoms with Crippen LogP contribution in [0.15, 0.2) is 0 Å². The van der Waals surface area contributed by atoms with Crippen LogP contribution in [-0.4, -0.2) is 32.8 Å². The van der Waals surface area contributed by atoms with Gasteiger partial charge in [-0.05, 0) is 17.4 Å². The summed E-state index contributed by atoms with van der Waals surface area (Å²) in [5.41, 5.74) is 0. The normalized spacial score (nSPS) is 9.64. The van der Waals surface area contributed by atoms with E-state index in [0.29, 0.717) is 6.61 Å². The number of tetrazole rings is 1. The fourth-order valence-electron chi connectivity index (χ4n) is 0.598. The zero-order chi connectivity index (χ0) is 8.27. The first-order chi connectivity index (χ1) is 5.25. The van der Waals surface area contributed by atoms with Gasteiger partial charge in [-0.15, -0.1) is 5.10 Å². The van der Waals surface area contributed by atoms with Gasteiger partial charge >= 0.3 is 5.97 Å². The molecule has 0 saturated heterocycles. The highest BCUT2D eigenvalue weighted by atomic mass is 16.5. The number of aromatic nitrogens is 4. The predicted molar refractivity (Wildman–Crippen MR) is 34.8 cm³/mol. The molecule has 0 saturated carbocycles. The molecule has 6 nitrogen and oxygen atoms in total. The van der Waals surface area contributed by atoms with Crippen LogP contribution >= 0.6 is 0 Å². The first-order valence-electron chi connectivity index (χ1n) is 3.15. The third kappa shape index (κ3) is 1.51. The van der Waals surface area contributed by atoms with E-state index in [1.165, 1.54) is 4.68 Å². The fraction of sp³-hybridized carbons (Fsp3) is 0.600. The van der Waals surface area contributed by atoms with Gasteiger partial charge in [-0.1, -0.05) is 0 Å². The molecule has 0 amide bonds. The summed E-state index contributed by atoms with van der Waals surface area (Å²) in [7, 11) is 1.58. The molecule has 0 bridgehead atoms. The van der Waals surface area contributed by atoms with Gasteiger partial charge in [0.15, 0.2) is 0 Å². The van der Waals surface area contributed by atoms with Crippen LogP contribution in [0.3, 0.4) is 0 Å². The minimum Gasteiger partial charge on any atom is -0.460 e. The molecule has 0 aliphatic rings. The molecule has 60 valence electrons. The molecular weight excluding hydrogens is 148 g/mol. The Balaban J connectivity index is 2.76. The van der Waals surface area contributed by atoms with Gasteiger partial charge in [-0.2, -0.15) is 0 Å². The molecule has 1 aromatic heterocycles. The van der Waals surface area contributed by atoms with Crippen LogP contribution in [0.5, 0.6) is 0 Å². The number of esters is 1. The average Bonchev–Trinajstić information content (AvgIpc) is 2.36. The lowest BCUT2D eigenvalue weighted by Gasteiger charge is -1.97. The van der Waals surface area contributed by atoms with Crippen LogP contribution in [0.2, 0.25) is 0 Å². The van der Waals surface area contributed by atoms with Crippen molar-refractivity contribution in [1.29, 1.82) is 0 Å². The van der Waals surface area contributed by atoms with Gasteiger partial charge < -0.3 is 4.74 Å². The second-order valence-electron chi connectivity index (χ2n) is 1.85. The third-order valence-corrected chi connectivity index (χ3v) is 1.08. The fourth-order valence-corrected chi connectivity index (χ4v) is 0.598. The summed E-state index contributed by atoms with van der Waals surface area (Å²) in [5, 5.41) is 10.2. The molecule has 0 radical (unpaired) electrons. The molecule has 0 aromatic carbocycles. The van der Waals surface area contributed by atoms with Gasteiger partial charge in [0.25, 0.3) is 5.82 Å². The van der Waals surface area contributed by atoms with E-state index in [0.717, 1.165) is 0 Å². The molecule has 1 rings (SSSR count). The standard InChI is InChI=1S/C5H8N4O2/c1-3-11-5(10)4-6-7-8-9(4)2/h3H2,1-2H3. The summed E-state index contributed by atoms with van der Waals surface area (Å²) < 4.78 is 5.93. The molecule has 11 heavy (non-hydrogen) atoms. The van der Waals surface area contributed by atoms with Crippen LogP contribution in [0.1, 0.15) is 17.5 Å². The molecule has 0 fully saturated rings. The molecular formula is C5H8N4O2. The van der Waals surface area contributed by atoms with E-state index in [-0.39, 0.29) is 5.82 Å². The van der Waals surface area contributed by atoms with Gasteiger partial charge in [0.05, 0.1) is 6.61 Å². The Morgan fingerprint density at radius 1 is 1.73 bits per heavy atom.